The van der Waals surface area contributed by atoms with Crippen LogP contribution in [0.1, 0.15) is 22.3 Å². The summed E-state index contributed by atoms with van der Waals surface area (Å²) in [5.74, 6) is -0.814. The first-order chi connectivity index (χ1) is 11.5. The molecule has 0 spiro atoms. The van der Waals surface area contributed by atoms with Gasteiger partial charge in [-0.1, -0.05) is 30.3 Å². The number of hydrogen-bond acceptors (Lipinski definition) is 3. The lowest BCUT2D eigenvalue weighted by Crippen LogP contribution is -2.27. The van der Waals surface area contributed by atoms with Crippen molar-refractivity contribution in [2.45, 2.75) is 12.8 Å². The molecule has 124 valence electrons. The van der Waals surface area contributed by atoms with Gasteiger partial charge in [-0.3, -0.25) is 14.4 Å². The fourth-order valence-electron chi connectivity index (χ4n) is 2.11. The van der Waals surface area contributed by atoms with Crippen LogP contribution in [0, 0.1) is 0 Å². The summed E-state index contributed by atoms with van der Waals surface area (Å²) >= 11 is 0. The summed E-state index contributed by atoms with van der Waals surface area (Å²) in [6.07, 6.45) is 0.335. The highest BCUT2D eigenvalue weighted by Crippen LogP contribution is 2.10. The molecule has 0 saturated heterocycles. The number of primary amides is 1. The van der Waals surface area contributed by atoms with E-state index in [9.17, 15) is 14.4 Å². The molecule has 0 atom stereocenters. The van der Waals surface area contributed by atoms with Gasteiger partial charge in [0.05, 0.1) is 6.42 Å². The topological polar surface area (TPSA) is 101 Å². The van der Waals surface area contributed by atoms with Gasteiger partial charge in [-0.15, -0.1) is 0 Å². The van der Waals surface area contributed by atoms with E-state index in [0.29, 0.717) is 11.3 Å². The third-order valence-corrected chi connectivity index (χ3v) is 3.29. The van der Waals surface area contributed by atoms with Crippen molar-refractivity contribution < 1.29 is 14.4 Å². The van der Waals surface area contributed by atoms with Gasteiger partial charge < -0.3 is 16.4 Å². The fraction of sp³-hybridized carbons (Fsp3) is 0.167. The molecule has 0 fully saturated rings. The largest absolute Gasteiger partial charge is 0.369 e. The number of nitrogens with one attached hydrogen (secondary N) is 2. The van der Waals surface area contributed by atoms with E-state index in [-0.39, 0.29) is 31.2 Å². The molecule has 0 unspecified atom stereocenters. The minimum atomic E-state index is -0.402. The summed E-state index contributed by atoms with van der Waals surface area (Å²) in [6.45, 7) is 0.249. The van der Waals surface area contributed by atoms with E-state index in [2.05, 4.69) is 10.6 Å². The standard InChI is InChI=1S/C18H19N3O3/c19-16(22)12-13-6-8-15(9-7-13)21-17(23)10-11-20-18(24)14-4-2-1-3-5-14/h1-9H,10-12H2,(H2,19,22)(H,20,24)(H,21,23). The molecule has 2 aromatic rings. The van der Waals surface area contributed by atoms with Crippen molar-refractivity contribution in [3.63, 3.8) is 0 Å². The number of carbonyl (C=O) groups is 3. The molecule has 0 aliphatic carbocycles. The molecule has 0 aliphatic heterocycles. The van der Waals surface area contributed by atoms with Gasteiger partial charge in [0.15, 0.2) is 0 Å². The Balaban J connectivity index is 1.75. The minimum Gasteiger partial charge on any atom is -0.369 e. The van der Waals surface area contributed by atoms with Crippen LogP contribution in [0.25, 0.3) is 0 Å². The van der Waals surface area contributed by atoms with Crippen molar-refractivity contribution in [3.05, 3.63) is 65.7 Å². The first-order valence-electron chi connectivity index (χ1n) is 7.55. The molecular formula is C18H19N3O3. The predicted molar refractivity (Wildman–Crippen MR) is 91.4 cm³/mol. The Bertz CT molecular complexity index is 712. The number of anilines is 1. The zero-order valence-corrected chi connectivity index (χ0v) is 13.1. The molecule has 6 nitrogen and oxygen atoms in total. The monoisotopic (exact) mass is 325 g/mol. The molecule has 0 radical (unpaired) electrons. The van der Waals surface area contributed by atoms with Crippen LogP contribution in [0.4, 0.5) is 5.69 Å². The Morgan fingerprint density at radius 1 is 0.917 bits per heavy atom. The Hall–Kier alpha value is -3.15. The lowest BCUT2D eigenvalue weighted by molar-refractivity contribution is -0.117. The zero-order valence-electron chi connectivity index (χ0n) is 13.1. The lowest BCUT2D eigenvalue weighted by Gasteiger charge is -2.07. The first kappa shape index (κ1) is 17.2. The van der Waals surface area contributed by atoms with Crippen molar-refractivity contribution >= 4 is 23.4 Å². The van der Waals surface area contributed by atoms with Crippen LogP contribution in [0.15, 0.2) is 54.6 Å². The molecular weight excluding hydrogens is 306 g/mol. The molecule has 0 heterocycles. The highest BCUT2D eigenvalue weighted by atomic mass is 16.2. The van der Waals surface area contributed by atoms with Crippen molar-refractivity contribution in [2.24, 2.45) is 5.73 Å². The SMILES string of the molecule is NC(=O)Cc1ccc(NC(=O)CCNC(=O)c2ccccc2)cc1. The minimum absolute atomic E-state index is 0.166. The first-order valence-corrected chi connectivity index (χ1v) is 7.55. The van der Waals surface area contributed by atoms with Gasteiger partial charge in [-0.05, 0) is 29.8 Å². The Kier molecular flexibility index (Phi) is 6.08. The van der Waals surface area contributed by atoms with Crippen LogP contribution in [0.3, 0.4) is 0 Å². The number of hydrogen-bond donors (Lipinski definition) is 3. The maximum Gasteiger partial charge on any atom is 0.251 e. The Labute approximate surface area is 140 Å². The van der Waals surface area contributed by atoms with E-state index in [1.807, 2.05) is 6.07 Å². The summed E-state index contributed by atoms with van der Waals surface area (Å²) in [5.41, 5.74) is 7.09. The van der Waals surface area contributed by atoms with E-state index in [1.54, 1.807) is 48.5 Å². The van der Waals surface area contributed by atoms with Gasteiger partial charge in [0, 0.05) is 24.2 Å². The average molecular weight is 325 g/mol. The summed E-state index contributed by atoms with van der Waals surface area (Å²) in [6, 6.07) is 15.7. The van der Waals surface area contributed by atoms with E-state index in [1.165, 1.54) is 0 Å². The normalized spacial score (nSPS) is 10.0. The van der Waals surface area contributed by atoms with E-state index < -0.39 is 5.91 Å². The number of rotatable bonds is 7. The zero-order chi connectivity index (χ0) is 17.4. The van der Waals surface area contributed by atoms with Crippen molar-refractivity contribution in [1.82, 2.24) is 5.32 Å². The van der Waals surface area contributed by atoms with Crippen molar-refractivity contribution in [1.29, 1.82) is 0 Å². The van der Waals surface area contributed by atoms with Crippen LogP contribution in [0.2, 0.25) is 0 Å². The third-order valence-electron chi connectivity index (χ3n) is 3.29. The van der Waals surface area contributed by atoms with Crippen molar-refractivity contribution in [2.75, 3.05) is 11.9 Å². The second-order valence-electron chi connectivity index (χ2n) is 5.26. The second-order valence-corrected chi connectivity index (χ2v) is 5.26. The third kappa shape index (κ3) is 5.57. The highest BCUT2D eigenvalue weighted by molar-refractivity contribution is 5.95. The van der Waals surface area contributed by atoms with Crippen LogP contribution in [0.5, 0.6) is 0 Å². The quantitative estimate of drug-likeness (QED) is 0.718. The average Bonchev–Trinajstić information content (AvgIpc) is 2.57. The molecule has 0 aromatic heterocycles. The van der Waals surface area contributed by atoms with Crippen LogP contribution in [-0.2, 0) is 16.0 Å². The van der Waals surface area contributed by atoms with E-state index >= 15 is 0 Å². The Morgan fingerprint density at radius 3 is 2.21 bits per heavy atom. The molecule has 2 rings (SSSR count). The molecule has 4 N–H and O–H groups in total. The molecule has 0 saturated carbocycles. The molecule has 2 aromatic carbocycles. The van der Waals surface area contributed by atoms with Crippen molar-refractivity contribution in [3.8, 4) is 0 Å². The van der Waals surface area contributed by atoms with Gasteiger partial charge in [-0.25, -0.2) is 0 Å². The lowest BCUT2D eigenvalue weighted by atomic mass is 10.1. The molecule has 6 heteroatoms. The molecule has 0 aliphatic rings. The van der Waals surface area contributed by atoms with Gasteiger partial charge in [0.2, 0.25) is 11.8 Å². The van der Waals surface area contributed by atoms with Gasteiger partial charge >= 0.3 is 0 Å². The molecule has 24 heavy (non-hydrogen) atoms. The molecule has 0 bridgehead atoms. The van der Waals surface area contributed by atoms with Crippen LogP contribution >= 0.6 is 0 Å². The van der Waals surface area contributed by atoms with Gasteiger partial charge in [0.1, 0.15) is 0 Å². The van der Waals surface area contributed by atoms with E-state index in [4.69, 9.17) is 5.73 Å². The summed E-state index contributed by atoms with van der Waals surface area (Å²) in [5, 5.41) is 5.42. The second kappa shape index (κ2) is 8.47. The fourth-order valence-corrected chi connectivity index (χ4v) is 2.11. The summed E-state index contributed by atoms with van der Waals surface area (Å²) in [4.78, 5) is 34.5. The van der Waals surface area contributed by atoms with Gasteiger partial charge in [0.25, 0.3) is 5.91 Å². The predicted octanol–water partition coefficient (Wildman–Crippen LogP) is 1.47. The molecule has 3 amide bonds. The number of carbonyl (C=O) groups excluding carboxylic acids is 3. The number of amides is 3. The van der Waals surface area contributed by atoms with Crippen LogP contribution in [-0.4, -0.2) is 24.3 Å². The number of nitrogens with two attached hydrogens (primary N) is 1. The summed E-state index contributed by atoms with van der Waals surface area (Å²) < 4.78 is 0. The van der Waals surface area contributed by atoms with E-state index in [0.717, 1.165) is 5.56 Å². The maximum absolute atomic E-state index is 11.9. The highest BCUT2D eigenvalue weighted by Gasteiger charge is 2.06. The smallest absolute Gasteiger partial charge is 0.251 e. The maximum atomic E-state index is 11.9. The number of benzene rings is 2. The Morgan fingerprint density at radius 2 is 1.58 bits per heavy atom. The van der Waals surface area contributed by atoms with Crippen LogP contribution < -0.4 is 16.4 Å². The van der Waals surface area contributed by atoms with Gasteiger partial charge in [-0.2, -0.15) is 0 Å². The summed E-state index contributed by atoms with van der Waals surface area (Å²) in [7, 11) is 0.